The molecule has 1 aromatic rings. The Balaban J connectivity index is 2.42. The second kappa shape index (κ2) is 6.87. The zero-order chi connectivity index (χ0) is 12.0. The van der Waals surface area contributed by atoms with E-state index in [1.807, 2.05) is 7.05 Å². The van der Waals surface area contributed by atoms with Gasteiger partial charge in [-0.05, 0) is 50.4 Å². The number of aryl methyl sites for hydroxylation is 1. The van der Waals surface area contributed by atoms with Gasteiger partial charge in [0, 0.05) is 11.1 Å². The standard InChI is InChI=1S/C13H19ClFN/c1-3-12(16-2)6-4-5-10-7-8-11(14)9-13(10)15/h7-9,12,16H,3-6H2,1-2H3. The van der Waals surface area contributed by atoms with E-state index in [0.717, 1.165) is 31.2 Å². The number of hydrogen-bond donors (Lipinski definition) is 1. The van der Waals surface area contributed by atoms with Crippen molar-refractivity contribution >= 4 is 11.6 Å². The maximum atomic E-state index is 13.4. The highest BCUT2D eigenvalue weighted by Crippen LogP contribution is 2.17. The minimum absolute atomic E-state index is 0.190. The molecule has 0 bridgehead atoms. The minimum atomic E-state index is -0.190. The molecule has 16 heavy (non-hydrogen) atoms. The maximum absolute atomic E-state index is 13.4. The van der Waals surface area contributed by atoms with Crippen LogP contribution in [0.2, 0.25) is 5.02 Å². The molecule has 1 rings (SSSR count). The van der Waals surface area contributed by atoms with Crippen molar-refractivity contribution in [2.75, 3.05) is 7.05 Å². The average molecular weight is 244 g/mol. The molecule has 1 nitrogen and oxygen atoms in total. The second-order valence-electron chi connectivity index (χ2n) is 4.02. The number of halogens is 2. The van der Waals surface area contributed by atoms with Crippen molar-refractivity contribution < 1.29 is 4.39 Å². The molecule has 1 N–H and O–H groups in total. The third-order valence-electron chi connectivity index (χ3n) is 2.91. The van der Waals surface area contributed by atoms with Crippen LogP contribution in [0.4, 0.5) is 4.39 Å². The van der Waals surface area contributed by atoms with Crippen LogP contribution in [0.25, 0.3) is 0 Å². The quantitative estimate of drug-likeness (QED) is 0.802. The third kappa shape index (κ3) is 4.11. The molecule has 1 aromatic carbocycles. The lowest BCUT2D eigenvalue weighted by Gasteiger charge is -2.13. The van der Waals surface area contributed by atoms with Crippen LogP contribution in [0.5, 0.6) is 0 Å². The third-order valence-corrected chi connectivity index (χ3v) is 3.15. The van der Waals surface area contributed by atoms with Crippen LogP contribution < -0.4 is 5.32 Å². The summed E-state index contributed by atoms with van der Waals surface area (Å²) in [5, 5.41) is 3.71. The molecule has 0 radical (unpaired) electrons. The summed E-state index contributed by atoms with van der Waals surface area (Å²) in [7, 11) is 1.97. The van der Waals surface area contributed by atoms with Crippen molar-refractivity contribution in [2.45, 2.75) is 38.6 Å². The summed E-state index contributed by atoms with van der Waals surface area (Å²) in [6, 6.07) is 5.44. The van der Waals surface area contributed by atoms with Gasteiger partial charge in [-0.3, -0.25) is 0 Å². The first-order valence-electron chi connectivity index (χ1n) is 5.78. The van der Waals surface area contributed by atoms with Gasteiger partial charge in [0.05, 0.1) is 0 Å². The van der Waals surface area contributed by atoms with E-state index in [1.165, 1.54) is 6.07 Å². The Morgan fingerprint density at radius 1 is 1.44 bits per heavy atom. The Morgan fingerprint density at radius 3 is 2.75 bits per heavy atom. The summed E-state index contributed by atoms with van der Waals surface area (Å²) < 4.78 is 13.4. The topological polar surface area (TPSA) is 12.0 Å². The second-order valence-corrected chi connectivity index (χ2v) is 4.46. The summed E-state index contributed by atoms with van der Waals surface area (Å²) in [6.45, 7) is 2.16. The Hall–Kier alpha value is -0.600. The van der Waals surface area contributed by atoms with E-state index < -0.39 is 0 Å². The molecule has 0 fully saturated rings. The maximum Gasteiger partial charge on any atom is 0.127 e. The van der Waals surface area contributed by atoms with Gasteiger partial charge in [0.15, 0.2) is 0 Å². The fourth-order valence-electron chi connectivity index (χ4n) is 1.82. The van der Waals surface area contributed by atoms with Crippen molar-refractivity contribution in [3.8, 4) is 0 Å². The van der Waals surface area contributed by atoms with E-state index in [4.69, 9.17) is 11.6 Å². The molecule has 0 saturated carbocycles. The van der Waals surface area contributed by atoms with Gasteiger partial charge >= 0.3 is 0 Å². The number of nitrogens with one attached hydrogen (secondary N) is 1. The predicted molar refractivity (Wildman–Crippen MR) is 67.5 cm³/mol. The van der Waals surface area contributed by atoms with Gasteiger partial charge in [0.25, 0.3) is 0 Å². The molecule has 1 atom stereocenters. The van der Waals surface area contributed by atoms with Crippen LogP contribution in [-0.2, 0) is 6.42 Å². The van der Waals surface area contributed by atoms with Gasteiger partial charge < -0.3 is 5.32 Å². The molecular weight excluding hydrogens is 225 g/mol. The average Bonchev–Trinajstić information content (AvgIpc) is 2.27. The van der Waals surface area contributed by atoms with Gasteiger partial charge in [-0.25, -0.2) is 4.39 Å². The van der Waals surface area contributed by atoms with E-state index >= 15 is 0 Å². The summed E-state index contributed by atoms with van der Waals surface area (Å²) in [6.07, 6.45) is 3.97. The van der Waals surface area contributed by atoms with Gasteiger partial charge in [-0.1, -0.05) is 24.6 Å². The monoisotopic (exact) mass is 243 g/mol. The fourth-order valence-corrected chi connectivity index (χ4v) is 1.97. The Bertz CT molecular complexity index is 324. The molecule has 3 heteroatoms. The normalized spacial score (nSPS) is 12.8. The van der Waals surface area contributed by atoms with Gasteiger partial charge in [0.2, 0.25) is 0 Å². The molecule has 0 aliphatic heterocycles. The lowest BCUT2D eigenvalue weighted by Crippen LogP contribution is -2.24. The van der Waals surface area contributed by atoms with Crippen molar-refractivity contribution in [3.05, 3.63) is 34.6 Å². The Kier molecular flexibility index (Phi) is 5.78. The van der Waals surface area contributed by atoms with Gasteiger partial charge in [-0.15, -0.1) is 0 Å². The molecule has 0 aliphatic carbocycles. The molecule has 1 unspecified atom stereocenters. The highest BCUT2D eigenvalue weighted by Gasteiger charge is 2.05. The number of hydrogen-bond acceptors (Lipinski definition) is 1. The molecule has 90 valence electrons. The predicted octanol–water partition coefficient (Wildman–Crippen LogP) is 3.80. The highest BCUT2D eigenvalue weighted by molar-refractivity contribution is 6.30. The lowest BCUT2D eigenvalue weighted by molar-refractivity contribution is 0.488. The van der Waals surface area contributed by atoms with E-state index in [9.17, 15) is 4.39 Å². The first-order chi connectivity index (χ1) is 7.67. The van der Waals surface area contributed by atoms with Crippen LogP contribution in [0.1, 0.15) is 31.7 Å². The molecule has 0 aliphatic rings. The molecule has 0 saturated heterocycles. The highest BCUT2D eigenvalue weighted by atomic mass is 35.5. The van der Waals surface area contributed by atoms with Crippen LogP contribution in [0, 0.1) is 5.82 Å². The SMILES string of the molecule is CCC(CCCc1ccc(Cl)cc1F)NC. The zero-order valence-corrected chi connectivity index (χ0v) is 10.6. The first kappa shape index (κ1) is 13.5. The molecule has 0 heterocycles. The van der Waals surface area contributed by atoms with Crippen molar-refractivity contribution in [1.29, 1.82) is 0 Å². The molecular formula is C13H19ClFN. The van der Waals surface area contributed by atoms with E-state index in [0.29, 0.717) is 11.1 Å². The van der Waals surface area contributed by atoms with Crippen molar-refractivity contribution in [3.63, 3.8) is 0 Å². The van der Waals surface area contributed by atoms with Crippen molar-refractivity contribution in [1.82, 2.24) is 5.32 Å². The Morgan fingerprint density at radius 2 is 2.19 bits per heavy atom. The Labute approximate surface area is 102 Å². The van der Waals surface area contributed by atoms with Gasteiger partial charge in [-0.2, -0.15) is 0 Å². The fraction of sp³-hybridized carbons (Fsp3) is 0.538. The van der Waals surface area contributed by atoms with Crippen molar-refractivity contribution in [2.24, 2.45) is 0 Å². The van der Waals surface area contributed by atoms with E-state index in [1.54, 1.807) is 12.1 Å². The van der Waals surface area contributed by atoms with Crippen LogP contribution in [0.3, 0.4) is 0 Å². The molecule has 0 spiro atoms. The van der Waals surface area contributed by atoms with Crippen LogP contribution in [-0.4, -0.2) is 13.1 Å². The molecule has 0 amide bonds. The minimum Gasteiger partial charge on any atom is -0.317 e. The van der Waals surface area contributed by atoms with Crippen LogP contribution >= 0.6 is 11.6 Å². The first-order valence-corrected chi connectivity index (χ1v) is 6.16. The summed E-state index contributed by atoms with van der Waals surface area (Å²) >= 11 is 5.70. The number of rotatable bonds is 6. The van der Waals surface area contributed by atoms with Crippen LogP contribution in [0.15, 0.2) is 18.2 Å². The molecule has 0 aromatic heterocycles. The summed E-state index contributed by atoms with van der Waals surface area (Å²) in [5.41, 5.74) is 0.760. The smallest absolute Gasteiger partial charge is 0.127 e. The van der Waals surface area contributed by atoms with E-state index in [2.05, 4.69) is 12.2 Å². The van der Waals surface area contributed by atoms with Gasteiger partial charge in [0.1, 0.15) is 5.82 Å². The van der Waals surface area contributed by atoms with E-state index in [-0.39, 0.29) is 5.82 Å². The summed E-state index contributed by atoms with van der Waals surface area (Å²) in [4.78, 5) is 0. The lowest BCUT2D eigenvalue weighted by atomic mass is 10.0. The summed E-state index contributed by atoms with van der Waals surface area (Å²) in [5.74, 6) is -0.190. The largest absolute Gasteiger partial charge is 0.317 e. The number of benzene rings is 1. The zero-order valence-electron chi connectivity index (χ0n) is 9.89.